The van der Waals surface area contributed by atoms with Crippen LogP contribution in [0.1, 0.15) is 56.7 Å². The van der Waals surface area contributed by atoms with E-state index < -0.39 is 0 Å². The topological polar surface area (TPSA) is 8.17 Å². The van der Waals surface area contributed by atoms with Crippen molar-refractivity contribution in [2.75, 3.05) is 4.90 Å². The number of allylic oxidation sites excluding steroid dienone is 13. The molecule has 0 fully saturated rings. The molecule has 0 N–H and O–H groups in total. The van der Waals surface area contributed by atoms with E-state index in [2.05, 4.69) is 195 Å². The van der Waals surface area contributed by atoms with Crippen LogP contribution in [0.25, 0.3) is 33.1 Å². The van der Waals surface area contributed by atoms with Crippen LogP contribution in [0.4, 0.5) is 5.69 Å². The Morgan fingerprint density at radius 1 is 0.808 bits per heavy atom. The van der Waals surface area contributed by atoms with E-state index in [1.165, 1.54) is 38.6 Å². The molecule has 5 aromatic rings. The molecule has 0 aliphatic carbocycles. The van der Waals surface area contributed by atoms with Crippen LogP contribution in [0.2, 0.25) is 0 Å². The molecular weight excluding hydrogens is 629 g/mol. The van der Waals surface area contributed by atoms with E-state index in [-0.39, 0.29) is 5.41 Å². The Hall–Kier alpha value is -5.86. The molecule has 2 heterocycles. The third kappa shape index (κ3) is 7.57. The Morgan fingerprint density at radius 3 is 2.21 bits per heavy atom. The summed E-state index contributed by atoms with van der Waals surface area (Å²) in [4.78, 5) is 2.16. The summed E-state index contributed by atoms with van der Waals surface area (Å²) < 4.78 is 2.42. The Balaban J connectivity index is 1.41. The van der Waals surface area contributed by atoms with Crippen LogP contribution in [0.3, 0.4) is 0 Å². The lowest BCUT2D eigenvalue weighted by molar-refractivity contribution is 0.541. The summed E-state index contributed by atoms with van der Waals surface area (Å²) in [6.45, 7) is 20.1. The van der Waals surface area contributed by atoms with Crippen LogP contribution in [0.5, 0.6) is 0 Å². The molecule has 1 aromatic heterocycles. The second kappa shape index (κ2) is 16.4. The fourth-order valence-electron chi connectivity index (χ4n) is 7.26. The zero-order valence-electron chi connectivity index (χ0n) is 30.9. The Morgan fingerprint density at radius 2 is 1.48 bits per heavy atom. The molecule has 0 bridgehead atoms. The molecule has 2 nitrogen and oxygen atoms in total. The van der Waals surface area contributed by atoms with Gasteiger partial charge in [0.05, 0.1) is 16.7 Å². The van der Waals surface area contributed by atoms with E-state index >= 15 is 0 Å². The largest absolute Gasteiger partial charge is 0.317 e. The van der Waals surface area contributed by atoms with Crippen molar-refractivity contribution in [1.29, 1.82) is 0 Å². The van der Waals surface area contributed by atoms with Crippen molar-refractivity contribution in [1.82, 2.24) is 4.57 Å². The molecule has 2 heteroatoms. The van der Waals surface area contributed by atoms with Gasteiger partial charge in [0.15, 0.2) is 0 Å². The van der Waals surface area contributed by atoms with E-state index in [1.807, 2.05) is 19.1 Å². The van der Waals surface area contributed by atoms with Gasteiger partial charge in [-0.1, -0.05) is 161 Å². The second-order valence-corrected chi connectivity index (χ2v) is 13.6. The summed E-state index contributed by atoms with van der Waals surface area (Å²) in [5.41, 5.74) is 11.1. The lowest BCUT2D eigenvalue weighted by Crippen LogP contribution is -2.22. The molecule has 0 amide bonds. The lowest BCUT2D eigenvalue weighted by Gasteiger charge is -2.30. The summed E-state index contributed by atoms with van der Waals surface area (Å²) in [7, 11) is 0. The predicted molar refractivity (Wildman–Crippen MR) is 228 cm³/mol. The van der Waals surface area contributed by atoms with E-state index in [4.69, 9.17) is 0 Å². The fourth-order valence-corrected chi connectivity index (χ4v) is 7.26. The lowest BCUT2D eigenvalue weighted by atomic mass is 9.75. The maximum atomic E-state index is 4.59. The standard InChI is InChI=1S/C50H50N2/c1-7-9-10-11-24-41-25-12-16-29-45(41)50(6,36-34-40(5)51-37-21-20-23-39(4)42-26-13-17-30-47(42)51)35-22-33-46(38(3)8-2)52-48-31-18-14-27-43(48)44-28-15-19-32-49(44)52/h7,9-21,23,25-34,36-37H,3-5,8,22,24,35H2,1-2,6H3/b9-7-,11-10-,23-20-,36-34-,37-21-,46-33+. The van der Waals surface area contributed by atoms with E-state index in [0.717, 1.165) is 53.8 Å². The molecule has 0 saturated carbocycles. The quantitative estimate of drug-likeness (QED) is 0.113. The maximum Gasteiger partial charge on any atom is 0.0541 e. The van der Waals surface area contributed by atoms with Gasteiger partial charge in [0.25, 0.3) is 0 Å². The van der Waals surface area contributed by atoms with Crippen molar-refractivity contribution < 1.29 is 0 Å². The molecule has 52 heavy (non-hydrogen) atoms. The van der Waals surface area contributed by atoms with Crippen molar-refractivity contribution >= 4 is 38.8 Å². The normalized spacial score (nSPS) is 16.0. The highest BCUT2D eigenvalue weighted by Crippen LogP contribution is 2.38. The smallest absolute Gasteiger partial charge is 0.0541 e. The number of aromatic nitrogens is 1. The van der Waals surface area contributed by atoms with Gasteiger partial charge in [-0.25, -0.2) is 0 Å². The summed E-state index contributed by atoms with van der Waals surface area (Å²) in [6.07, 6.45) is 27.2. The number of nitrogens with zero attached hydrogens (tertiary/aromatic N) is 2. The van der Waals surface area contributed by atoms with Gasteiger partial charge in [0.2, 0.25) is 0 Å². The van der Waals surface area contributed by atoms with Crippen molar-refractivity contribution in [3.63, 3.8) is 0 Å². The summed E-state index contributed by atoms with van der Waals surface area (Å²) in [5, 5.41) is 2.52. The van der Waals surface area contributed by atoms with Crippen LogP contribution in [0.15, 0.2) is 195 Å². The van der Waals surface area contributed by atoms with Gasteiger partial charge in [-0.3, -0.25) is 0 Å². The molecule has 0 spiro atoms. The van der Waals surface area contributed by atoms with Gasteiger partial charge in [-0.05, 0) is 85.2 Å². The van der Waals surface area contributed by atoms with Gasteiger partial charge in [0.1, 0.15) is 0 Å². The van der Waals surface area contributed by atoms with E-state index in [9.17, 15) is 0 Å². The Bertz CT molecular complexity index is 2240. The molecule has 1 aliphatic heterocycles. The molecule has 1 atom stereocenters. The number of fused-ring (bicyclic) bond motifs is 4. The predicted octanol–water partition coefficient (Wildman–Crippen LogP) is 13.7. The van der Waals surface area contributed by atoms with Gasteiger partial charge in [-0.15, -0.1) is 0 Å². The van der Waals surface area contributed by atoms with Gasteiger partial charge in [0, 0.05) is 39.3 Å². The number of rotatable bonds is 13. The fraction of sp³-hybridized carbons (Fsp3) is 0.160. The zero-order valence-corrected chi connectivity index (χ0v) is 30.9. The molecule has 260 valence electrons. The molecule has 6 rings (SSSR count). The summed E-state index contributed by atoms with van der Waals surface area (Å²) in [6, 6.07) is 34.7. The van der Waals surface area contributed by atoms with Gasteiger partial charge >= 0.3 is 0 Å². The number of hydrogen-bond acceptors (Lipinski definition) is 1. The zero-order chi connectivity index (χ0) is 36.5. The highest BCUT2D eigenvalue weighted by Gasteiger charge is 2.26. The van der Waals surface area contributed by atoms with E-state index in [0.29, 0.717) is 0 Å². The van der Waals surface area contributed by atoms with Gasteiger partial charge in [-0.2, -0.15) is 0 Å². The monoisotopic (exact) mass is 678 g/mol. The van der Waals surface area contributed by atoms with Crippen LogP contribution >= 0.6 is 0 Å². The SMILES string of the molecule is C=C(CC)/C(=C\CCC(C)(/C=C\C(=C)N1/C=C\C=C/C(=C)c2ccccc21)c1ccccc1C/C=C\C=C/C)n1c2ccccc2c2ccccc21. The minimum atomic E-state index is -0.292. The molecule has 1 aliphatic rings. The number of benzene rings is 4. The first kappa shape index (κ1) is 35.9. The second-order valence-electron chi connectivity index (χ2n) is 13.6. The maximum absolute atomic E-state index is 4.59. The Labute approximate surface area is 310 Å². The van der Waals surface area contributed by atoms with Crippen LogP contribution in [-0.2, 0) is 11.8 Å². The molecular formula is C50H50N2. The highest BCUT2D eigenvalue weighted by atomic mass is 15.1. The van der Waals surface area contributed by atoms with Crippen molar-refractivity contribution in [2.45, 2.75) is 51.9 Å². The van der Waals surface area contributed by atoms with Crippen molar-refractivity contribution in [2.24, 2.45) is 0 Å². The third-order valence-electron chi connectivity index (χ3n) is 10.1. The molecule has 4 aromatic carbocycles. The van der Waals surface area contributed by atoms with Crippen molar-refractivity contribution in [3.8, 4) is 0 Å². The minimum Gasteiger partial charge on any atom is -0.317 e. The summed E-state index contributed by atoms with van der Waals surface area (Å²) >= 11 is 0. The first-order valence-electron chi connectivity index (χ1n) is 18.4. The molecule has 0 radical (unpaired) electrons. The first-order valence-corrected chi connectivity index (χ1v) is 18.4. The number of hydrogen-bond donors (Lipinski definition) is 0. The third-order valence-corrected chi connectivity index (χ3v) is 10.1. The average molecular weight is 679 g/mol. The van der Waals surface area contributed by atoms with Crippen LogP contribution in [0, 0.1) is 0 Å². The van der Waals surface area contributed by atoms with Gasteiger partial charge < -0.3 is 9.47 Å². The van der Waals surface area contributed by atoms with Crippen LogP contribution < -0.4 is 4.90 Å². The van der Waals surface area contributed by atoms with Crippen LogP contribution in [-0.4, -0.2) is 4.57 Å². The highest BCUT2D eigenvalue weighted by molar-refractivity contribution is 6.10. The van der Waals surface area contributed by atoms with E-state index in [1.54, 1.807) is 0 Å². The summed E-state index contributed by atoms with van der Waals surface area (Å²) in [5.74, 6) is 0. The minimum absolute atomic E-state index is 0.292. The molecule has 0 saturated heterocycles. The number of anilines is 1. The number of para-hydroxylation sites is 3. The molecule has 1 unspecified atom stereocenters. The average Bonchev–Trinajstić information content (AvgIpc) is 3.50. The first-order chi connectivity index (χ1) is 25.4. The Kier molecular flexibility index (Phi) is 11.4. The van der Waals surface area contributed by atoms with Crippen molar-refractivity contribution in [3.05, 3.63) is 212 Å².